The van der Waals surface area contributed by atoms with Gasteiger partial charge in [0.25, 0.3) is 0 Å². The third-order valence-electron chi connectivity index (χ3n) is 2.67. The van der Waals surface area contributed by atoms with E-state index in [-0.39, 0.29) is 11.7 Å². The van der Waals surface area contributed by atoms with Crippen LogP contribution >= 0.6 is 11.8 Å². The zero-order chi connectivity index (χ0) is 15.1. The average molecular weight is 300 g/mol. The molecular weight excluding hydrogens is 287 g/mol. The van der Waals surface area contributed by atoms with Gasteiger partial charge in [-0.05, 0) is 36.4 Å². The van der Waals surface area contributed by atoms with Crippen LogP contribution in [0.2, 0.25) is 0 Å². The Morgan fingerprint density at radius 2 is 2.05 bits per heavy atom. The van der Waals surface area contributed by atoms with Crippen LogP contribution in [-0.2, 0) is 4.79 Å². The van der Waals surface area contributed by atoms with Gasteiger partial charge >= 0.3 is 0 Å². The van der Waals surface area contributed by atoms with Gasteiger partial charge in [-0.1, -0.05) is 12.1 Å². The predicted molar refractivity (Wildman–Crippen MR) is 81.5 cm³/mol. The molecule has 0 aromatic heterocycles. The van der Waals surface area contributed by atoms with E-state index in [9.17, 15) is 9.18 Å². The SMILES string of the molecule is N#Cc1cccc(NC(=O)CCSc2cccc(F)c2)c1. The fourth-order valence-electron chi connectivity index (χ4n) is 1.71. The first-order valence-corrected chi connectivity index (χ1v) is 7.34. The molecule has 0 saturated heterocycles. The number of carbonyl (C=O) groups excluding carboxylic acids is 1. The Morgan fingerprint density at radius 1 is 1.24 bits per heavy atom. The molecule has 3 nitrogen and oxygen atoms in total. The second-order valence-corrected chi connectivity index (χ2v) is 5.46. The Hall–Kier alpha value is -2.32. The Labute approximate surface area is 126 Å². The number of rotatable bonds is 5. The van der Waals surface area contributed by atoms with Crippen molar-refractivity contribution in [1.82, 2.24) is 0 Å². The molecule has 1 N–H and O–H groups in total. The second-order valence-electron chi connectivity index (χ2n) is 4.30. The molecule has 0 bridgehead atoms. The Morgan fingerprint density at radius 3 is 2.81 bits per heavy atom. The van der Waals surface area contributed by atoms with E-state index in [1.807, 2.05) is 12.1 Å². The number of nitrogens with one attached hydrogen (secondary N) is 1. The van der Waals surface area contributed by atoms with E-state index < -0.39 is 0 Å². The molecule has 106 valence electrons. The van der Waals surface area contributed by atoms with Crippen molar-refractivity contribution < 1.29 is 9.18 Å². The van der Waals surface area contributed by atoms with Gasteiger partial charge in [0, 0.05) is 22.8 Å². The summed E-state index contributed by atoms with van der Waals surface area (Å²) in [5, 5.41) is 11.5. The second kappa shape index (κ2) is 7.46. The maximum absolute atomic E-state index is 13.0. The van der Waals surface area contributed by atoms with E-state index in [1.54, 1.807) is 30.3 Å². The molecule has 0 unspecified atom stereocenters. The van der Waals surface area contributed by atoms with E-state index in [4.69, 9.17) is 5.26 Å². The summed E-state index contributed by atoms with van der Waals surface area (Å²) in [4.78, 5) is 12.6. The van der Waals surface area contributed by atoms with E-state index in [2.05, 4.69) is 5.32 Å². The molecule has 2 rings (SSSR count). The minimum absolute atomic E-state index is 0.131. The van der Waals surface area contributed by atoms with Crippen LogP contribution in [0.25, 0.3) is 0 Å². The smallest absolute Gasteiger partial charge is 0.225 e. The molecule has 0 saturated carbocycles. The predicted octanol–water partition coefficient (Wildman–Crippen LogP) is 3.82. The fraction of sp³-hybridized carbons (Fsp3) is 0.125. The Kier molecular flexibility index (Phi) is 5.35. The van der Waals surface area contributed by atoms with Crippen LogP contribution in [0.3, 0.4) is 0 Å². The minimum atomic E-state index is -0.280. The Bertz CT molecular complexity index is 682. The summed E-state index contributed by atoms with van der Waals surface area (Å²) in [6, 6.07) is 15.1. The normalized spacial score (nSPS) is 9.90. The summed E-state index contributed by atoms with van der Waals surface area (Å²) in [6.07, 6.45) is 0.317. The first kappa shape index (κ1) is 15.1. The molecule has 0 fully saturated rings. The molecule has 21 heavy (non-hydrogen) atoms. The van der Waals surface area contributed by atoms with Crippen LogP contribution < -0.4 is 5.32 Å². The molecular formula is C16H13FN2OS. The quantitative estimate of drug-likeness (QED) is 0.854. The highest BCUT2D eigenvalue weighted by molar-refractivity contribution is 7.99. The van der Waals surface area contributed by atoms with Crippen molar-refractivity contribution in [2.75, 3.05) is 11.1 Å². The number of carbonyl (C=O) groups is 1. The number of thioether (sulfide) groups is 1. The molecule has 0 heterocycles. The molecule has 0 spiro atoms. The van der Waals surface area contributed by atoms with Gasteiger partial charge in [0.2, 0.25) is 5.91 Å². The molecule has 5 heteroatoms. The van der Waals surface area contributed by atoms with E-state index in [0.717, 1.165) is 4.90 Å². The van der Waals surface area contributed by atoms with E-state index >= 15 is 0 Å². The van der Waals surface area contributed by atoms with Gasteiger partial charge in [0.15, 0.2) is 0 Å². The van der Waals surface area contributed by atoms with Crippen molar-refractivity contribution in [3.8, 4) is 6.07 Å². The Balaban J connectivity index is 1.81. The summed E-state index contributed by atoms with van der Waals surface area (Å²) < 4.78 is 13.0. The lowest BCUT2D eigenvalue weighted by Crippen LogP contribution is -2.12. The number of benzene rings is 2. The molecule has 1 amide bonds. The third kappa shape index (κ3) is 4.93. The molecule has 0 atom stereocenters. The van der Waals surface area contributed by atoms with Crippen molar-refractivity contribution in [3.05, 3.63) is 59.9 Å². The van der Waals surface area contributed by atoms with Crippen molar-refractivity contribution in [2.45, 2.75) is 11.3 Å². The van der Waals surface area contributed by atoms with Gasteiger partial charge in [-0.2, -0.15) is 5.26 Å². The number of amides is 1. The van der Waals surface area contributed by atoms with Crippen LogP contribution in [0.5, 0.6) is 0 Å². The van der Waals surface area contributed by atoms with Gasteiger partial charge in [-0.3, -0.25) is 4.79 Å². The highest BCUT2D eigenvalue weighted by atomic mass is 32.2. The monoisotopic (exact) mass is 300 g/mol. The lowest BCUT2D eigenvalue weighted by molar-refractivity contribution is -0.115. The number of nitriles is 1. The summed E-state index contributed by atoms with van der Waals surface area (Å²) in [6.45, 7) is 0. The summed E-state index contributed by atoms with van der Waals surface area (Å²) in [7, 11) is 0. The lowest BCUT2D eigenvalue weighted by Gasteiger charge is -2.05. The summed E-state index contributed by atoms with van der Waals surface area (Å²) in [5.41, 5.74) is 1.11. The van der Waals surface area contributed by atoms with Crippen LogP contribution in [0, 0.1) is 17.1 Å². The van der Waals surface area contributed by atoms with Crippen LogP contribution in [0.15, 0.2) is 53.4 Å². The molecule has 0 aliphatic carbocycles. The van der Waals surface area contributed by atoms with Crippen molar-refractivity contribution in [1.29, 1.82) is 5.26 Å². The van der Waals surface area contributed by atoms with Gasteiger partial charge in [0.1, 0.15) is 5.82 Å². The first-order valence-electron chi connectivity index (χ1n) is 6.36. The van der Waals surface area contributed by atoms with Gasteiger partial charge in [0.05, 0.1) is 11.6 Å². The zero-order valence-electron chi connectivity index (χ0n) is 11.2. The largest absolute Gasteiger partial charge is 0.326 e. The minimum Gasteiger partial charge on any atom is -0.326 e. The lowest BCUT2D eigenvalue weighted by atomic mass is 10.2. The maximum atomic E-state index is 13.0. The topological polar surface area (TPSA) is 52.9 Å². The highest BCUT2D eigenvalue weighted by Gasteiger charge is 2.04. The summed E-state index contributed by atoms with van der Waals surface area (Å²) >= 11 is 1.43. The van der Waals surface area contributed by atoms with Crippen molar-refractivity contribution in [3.63, 3.8) is 0 Å². The van der Waals surface area contributed by atoms with Crippen LogP contribution in [0.4, 0.5) is 10.1 Å². The fourth-order valence-corrected chi connectivity index (χ4v) is 2.60. The highest BCUT2D eigenvalue weighted by Crippen LogP contribution is 2.19. The van der Waals surface area contributed by atoms with E-state index in [1.165, 1.54) is 23.9 Å². The molecule has 0 radical (unpaired) electrons. The number of anilines is 1. The van der Waals surface area contributed by atoms with Crippen LogP contribution in [0.1, 0.15) is 12.0 Å². The van der Waals surface area contributed by atoms with Gasteiger partial charge in [-0.25, -0.2) is 4.39 Å². The number of nitrogens with zero attached hydrogens (tertiary/aromatic N) is 1. The number of halogens is 1. The first-order chi connectivity index (χ1) is 10.2. The third-order valence-corrected chi connectivity index (χ3v) is 3.66. The standard InChI is InChI=1S/C16H13FN2OS/c17-13-4-2-6-15(10-13)21-8-7-16(20)19-14-5-1-3-12(9-14)11-18/h1-6,9-10H,7-8H2,(H,19,20). The molecule has 2 aromatic rings. The summed E-state index contributed by atoms with van der Waals surface area (Å²) in [5.74, 6) is 0.152. The van der Waals surface area contributed by atoms with Gasteiger partial charge in [-0.15, -0.1) is 11.8 Å². The molecule has 2 aromatic carbocycles. The number of hydrogen-bond donors (Lipinski definition) is 1. The van der Waals surface area contributed by atoms with Crippen molar-refractivity contribution >= 4 is 23.4 Å². The van der Waals surface area contributed by atoms with Gasteiger partial charge < -0.3 is 5.32 Å². The average Bonchev–Trinajstić information content (AvgIpc) is 2.47. The van der Waals surface area contributed by atoms with E-state index in [0.29, 0.717) is 23.4 Å². The zero-order valence-corrected chi connectivity index (χ0v) is 12.0. The maximum Gasteiger partial charge on any atom is 0.225 e. The molecule has 0 aliphatic heterocycles. The van der Waals surface area contributed by atoms with Crippen molar-refractivity contribution in [2.24, 2.45) is 0 Å². The van der Waals surface area contributed by atoms with Crippen LogP contribution in [-0.4, -0.2) is 11.7 Å². The molecule has 0 aliphatic rings. The number of hydrogen-bond acceptors (Lipinski definition) is 3.